The van der Waals surface area contributed by atoms with Crippen molar-refractivity contribution in [2.24, 2.45) is 11.3 Å². The van der Waals surface area contributed by atoms with E-state index in [1.807, 2.05) is 30.3 Å². The molecule has 0 saturated carbocycles. The molecule has 1 saturated heterocycles. The van der Waals surface area contributed by atoms with E-state index in [1.165, 1.54) is 35.4 Å². The second-order valence-corrected chi connectivity index (χ2v) is 15.2. The highest BCUT2D eigenvalue weighted by molar-refractivity contribution is 8.00. The van der Waals surface area contributed by atoms with E-state index < -0.39 is 23.7 Å². The third-order valence-electron chi connectivity index (χ3n) is 9.87. The van der Waals surface area contributed by atoms with E-state index in [9.17, 15) is 24.4 Å². The fourth-order valence-electron chi connectivity index (χ4n) is 7.02. The van der Waals surface area contributed by atoms with Crippen molar-refractivity contribution in [1.82, 2.24) is 4.98 Å². The molecule has 0 radical (unpaired) electrons. The number of thioether (sulfide) groups is 1. The van der Waals surface area contributed by atoms with Crippen molar-refractivity contribution in [3.63, 3.8) is 0 Å². The monoisotopic (exact) mass is 669 g/mol. The first-order valence-electron chi connectivity index (χ1n) is 16.5. The minimum Gasteiger partial charge on any atom is -0.454 e. The largest absolute Gasteiger partial charge is 0.454 e. The molecule has 2 aliphatic carbocycles. The lowest BCUT2D eigenvalue weighted by Crippen LogP contribution is -2.31. The molecule has 0 bridgehead atoms. The van der Waals surface area contributed by atoms with Crippen molar-refractivity contribution in [1.29, 1.82) is 5.26 Å². The Morgan fingerprint density at radius 2 is 1.67 bits per heavy atom. The van der Waals surface area contributed by atoms with Crippen molar-refractivity contribution in [3.8, 4) is 17.2 Å². The number of ketones is 1. The molecule has 0 spiro atoms. The average Bonchev–Trinajstić information content (AvgIpc) is 3.60. The number of Topliss-reactive ketones (excluding diaryl/α,β-unsaturated/α-hetero) is 1. The van der Waals surface area contributed by atoms with Gasteiger partial charge in [-0.15, -0.1) is 0 Å². The van der Waals surface area contributed by atoms with Crippen LogP contribution in [0.2, 0.25) is 0 Å². The number of amides is 2. The Hall–Kier alpha value is -5.07. The first kappa shape index (κ1) is 32.5. The molecule has 8 nitrogen and oxygen atoms in total. The van der Waals surface area contributed by atoms with Crippen LogP contribution in [-0.2, 0) is 33.6 Å². The summed E-state index contributed by atoms with van der Waals surface area (Å²) in [5, 5.41) is 9.66. The molecule has 49 heavy (non-hydrogen) atoms. The summed E-state index contributed by atoms with van der Waals surface area (Å²) in [7, 11) is 0. The number of nitrogens with zero attached hydrogens (tertiary/aromatic N) is 3. The molecular weight excluding hydrogens is 635 g/mol. The van der Waals surface area contributed by atoms with Crippen LogP contribution in [-0.4, -0.2) is 40.4 Å². The highest BCUT2D eigenvalue weighted by atomic mass is 32.2. The molecule has 1 aliphatic heterocycles. The Balaban J connectivity index is 0.977. The summed E-state index contributed by atoms with van der Waals surface area (Å²) in [6.45, 7) is 6.29. The summed E-state index contributed by atoms with van der Waals surface area (Å²) in [6.07, 6.45) is 3.42. The summed E-state index contributed by atoms with van der Waals surface area (Å²) >= 11 is 1.16. The number of rotatable bonds is 7. The van der Waals surface area contributed by atoms with E-state index in [0.717, 1.165) is 64.7 Å². The van der Waals surface area contributed by atoms with Crippen LogP contribution < -0.4 is 4.90 Å². The molecule has 2 unspecified atom stereocenters. The molecular formula is C40H35N3O5S. The molecule has 3 aromatic carbocycles. The van der Waals surface area contributed by atoms with Crippen LogP contribution >= 0.6 is 11.8 Å². The zero-order valence-electron chi connectivity index (χ0n) is 27.6. The number of carbonyl (C=O) groups excluding carboxylic acids is 4. The van der Waals surface area contributed by atoms with Crippen molar-refractivity contribution in [2.75, 3.05) is 11.5 Å². The van der Waals surface area contributed by atoms with Crippen molar-refractivity contribution < 1.29 is 23.9 Å². The van der Waals surface area contributed by atoms with Gasteiger partial charge in [-0.05, 0) is 101 Å². The van der Waals surface area contributed by atoms with E-state index in [1.54, 1.807) is 6.07 Å². The fourth-order valence-corrected chi connectivity index (χ4v) is 8.12. The van der Waals surface area contributed by atoms with Crippen molar-refractivity contribution in [3.05, 3.63) is 112 Å². The lowest BCUT2D eigenvalue weighted by Gasteiger charge is -2.34. The maximum Gasteiger partial charge on any atom is 0.338 e. The number of hydrogen-bond acceptors (Lipinski definition) is 8. The maximum absolute atomic E-state index is 13.5. The van der Waals surface area contributed by atoms with E-state index in [0.29, 0.717) is 27.8 Å². The number of imide groups is 1. The molecule has 1 fully saturated rings. The van der Waals surface area contributed by atoms with Gasteiger partial charge >= 0.3 is 5.97 Å². The lowest BCUT2D eigenvalue weighted by molar-refractivity contribution is -0.121. The smallest absolute Gasteiger partial charge is 0.338 e. The van der Waals surface area contributed by atoms with Gasteiger partial charge in [-0.1, -0.05) is 68.9 Å². The Morgan fingerprint density at radius 3 is 2.43 bits per heavy atom. The second kappa shape index (κ2) is 12.8. The number of nitriles is 1. The summed E-state index contributed by atoms with van der Waals surface area (Å²) < 4.78 is 5.33. The van der Waals surface area contributed by atoms with Gasteiger partial charge in [0.25, 0.3) is 0 Å². The summed E-state index contributed by atoms with van der Waals surface area (Å²) in [5.74, 6) is -1.26. The van der Waals surface area contributed by atoms with Crippen LogP contribution in [0.4, 0.5) is 5.69 Å². The predicted molar refractivity (Wildman–Crippen MR) is 186 cm³/mol. The van der Waals surface area contributed by atoms with Crippen LogP contribution in [0.5, 0.6) is 0 Å². The van der Waals surface area contributed by atoms with Gasteiger partial charge in [0.1, 0.15) is 11.1 Å². The number of aryl methyl sites for hydroxylation is 1. The predicted octanol–water partition coefficient (Wildman–Crippen LogP) is 7.14. The molecule has 246 valence electrons. The second-order valence-electron chi connectivity index (χ2n) is 14.0. The van der Waals surface area contributed by atoms with Gasteiger partial charge in [-0.3, -0.25) is 14.4 Å². The quantitative estimate of drug-likeness (QED) is 0.102. The number of pyridine rings is 1. The summed E-state index contributed by atoms with van der Waals surface area (Å²) in [6, 6.07) is 23.8. The third-order valence-corrected chi connectivity index (χ3v) is 11.1. The van der Waals surface area contributed by atoms with E-state index in [2.05, 4.69) is 39.0 Å². The highest BCUT2D eigenvalue weighted by Crippen LogP contribution is 2.40. The van der Waals surface area contributed by atoms with Crippen LogP contribution in [0.3, 0.4) is 0 Å². The SMILES string of the molecule is CC(C)(C)C1CCc2nc(SC3CC(=O)N(c4ccc(C(=O)OCC(=O)c5ccc6c(c5)Cc5ccccc5-6)cc4)C3=O)c(C#N)cc2C1. The van der Waals surface area contributed by atoms with Gasteiger partial charge < -0.3 is 4.74 Å². The number of esters is 1. The number of carbonyl (C=O) groups is 4. The molecule has 2 heterocycles. The van der Waals surface area contributed by atoms with E-state index in [-0.39, 0.29) is 29.1 Å². The van der Waals surface area contributed by atoms with Gasteiger partial charge in [-0.25, -0.2) is 14.7 Å². The molecule has 3 aliphatic rings. The van der Waals surface area contributed by atoms with Gasteiger partial charge in [0.15, 0.2) is 12.4 Å². The highest BCUT2D eigenvalue weighted by Gasteiger charge is 2.41. The number of aromatic nitrogens is 1. The van der Waals surface area contributed by atoms with E-state index in [4.69, 9.17) is 9.72 Å². The number of anilines is 1. The third kappa shape index (κ3) is 6.29. The standard InChI is InChI=1S/C40H35N3O5S/c1-40(2,3)29-11-15-33-27(19-29)18-28(21-41)37(42-33)49-35-20-36(45)43(38(35)46)30-12-8-23(9-13-30)39(47)48-22-34(44)25-10-14-32-26(17-25)16-24-6-4-5-7-31(24)32/h4-10,12-14,17-18,29,35H,11,15-16,19-20,22H2,1-3H3. The summed E-state index contributed by atoms with van der Waals surface area (Å²) in [4.78, 5) is 58.1. The van der Waals surface area contributed by atoms with Gasteiger partial charge in [0, 0.05) is 17.7 Å². The lowest BCUT2D eigenvalue weighted by atomic mass is 9.71. The van der Waals surface area contributed by atoms with Gasteiger partial charge in [0.05, 0.1) is 22.1 Å². The van der Waals surface area contributed by atoms with E-state index >= 15 is 0 Å². The topological polar surface area (TPSA) is 117 Å². The first-order chi connectivity index (χ1) is 23.5. The minimum atomic E-state index is -0.722. The fraction of sp³-hybridized carbons (Fsp3) is 0.300. The van der Waals surface area contributed by atoms with Crippen LogP contribution in [0.1, 0.15) is 82.3 Å². The van der Waals surface area contributed by atoms with Crippen LogP contribution in [0, 0.1) is 22.7 Å². The number of benzene rings is 3. The Labute approximate surface area is 289 Å². The summed E-state index contributed by atoms with van der Waals surface area (Å²) in [5.41, 5.74) is 8.19. The Bertz CT molecular complexity index is 2080. The Morgan fingerprint density at radius 1 is 0.939 bits per heavy atom. The Kier molecular flexibility index (Phi) is 8.45. The zero-order chi connectivity index (χ0) is 34.4. The van der Waals surface area contributed by atoms with Crippen molar-refractivity contribution >= 4 is 41.0 Å². The number of ether oxygens (including phenoxy) is 1. The maximum atomic E-state index is 13.5. The average molecular weight is 670 g/mol. The zero-order valence-corrected chi connectivity index (χ0v) is 28.4. The molecule has 2 amide bonds. The molecule has 1 aromatic heterocycles. The van der Waals surface area contributed by atoms with Gasteiger partial charge in [0.2, 0.25) is 11.8 Å². The van der Waals surface area contributed by atoms with Crippen LogP contribution in [0.25, 0.3) is 11.1 Å². The molecule has 9 heteroatoms. The molecule has 0 N–H and O–H groups in total. The number of hydrogen-bond donors (Lipinski definition) is 0. The molecule has 7 rings (SSSR count). The van der Waals surface area contributed by atoms with Gasteiger partial charge in [-0.2, -0.15) is 5.26 Å². The normalized spacial score (nSPS) is 18.0. The minimum absolute atomic E-state index is 0.0279. The molecule has 4 aromatic rings. The first-order valence-corrected chi connectivity index (χ1v) is 17.4. The molecule has 2 atom stereocenters. The van der Waals surface area contributed by atoms with Crippen molar-refractivity contribution in [2.45, 2.75) is 63.2 Å². The van der Waals surface area contributed by atoms with Crippen LogP contribution in [0.15, 0.2) is 77.8 Å². The number of fused-ring (bicyclic) bond motifs is 4.